The third-order valence-corrected chi connectivity index (χ3v) is 4.13. The summed E-state index contributed by atoms with van der Waals surface area (Å²) in [6, 6.07) is 7.59. The first-order valence-corrected chi connectivity index (χ1v) is 7.95. The van der Waals surface area contributed by atoms with Gasteiger partial charge in [0.15, 0.2) is 0 Å². The fourth-order valence-electron chi connectivity index (χ4n) is 2.57. The highest BCUT2D eigenvalue weighted by molar-refractivity contribution is 5.82. The SMILES string of the molecule is Cc1ccc(N(C)CC(=O)NC2CC2)c(CNC2CC2)c1. The standard InChI is InChI=1S/C17H25N3O/c1-12-3-8-16(13(9-12)10-18-14-4-5-14)20(2)11-17(21)19-15-6-7-15/h3,8-9,14-15,18H,4-7,10-11H2,1-2H3,(H,19,21). The molecule has 0 saturated heterocycles. The molecule has 4 heteroatoms. The number of carbonyl (C=O) groups excluding carboxylic acids is 1. The Balaban J connectivity index is 1.64. The molecule has 2 saturated carbocycles. The van der Waals surface area contributed by atoms with E-state index >= 15 is 0 Å². The first-order chi connectivity index (χ1) is 10.1. The molecule has 1 amide bonds. The Kier molecular flexibility index (Phi) is 4.15. The summed E-state index contributed by atoms with van der Waals surface area (Å²) >= 11 is 0. The summed E-state index contributed by atoms with van der Waals surface area (Å²) in [6.07, 6.45) is 4.86. The van der Waals surface area contributed by atoms with Gasteiger partial charge < -0.3 is 15.5 Å². The molecule has 2 aliphatic carbocycles. The van der Waals surface area contributed by atoms with Crippen molar-refractivity contribution in [3.8, 4) is 0 Å². The lowest BCUT2D eigenvalue weighted by Gasteiger charge is -2.23. The molecule has 0 spiro atoms. The Morgan fingerprint density at radius 1 is 1.24 bits per heavy atom. The second-order valence-corrected chi connectivity index (χ2v) is 6.49. The summed E-state index contributed by atoms with van der Waals surface area (Å²) in [5.41, 5.74) is 3.70. The van der Waals surface area contributed by atoms with Gasteiger partial charge in [-0.2, -0.15) is 0 Å². The van der Waals surface area contributed by atoms with Gasteiger partial charge in [0.25, 0.3) is 0 Å². The Hall–Kier alpha value is -1.55. The van der Waals surface area contributed by atoms with Crippen LogP contribution in [0, 0.1) is 6.92 Å². The van der Waals surface area contributed by atoms with Gasteiger partial charge >= 0.3 is 0 Å². The summed E-state index contributed by atoms with van der Waals surface area (Å²) in [5.74, 6) is 0.127. The van der Waals surface area contributed by atoms with E-state index in [0.717, 1.165) is 25.1 Å². The lowest BCUT2D eigenvalue weighted by Crippen LogP contribution is -2.36. The van der Waals surface area contributed by atoms with E-state index in [9.17, 15) is 4.79 Å². The van der Waals surface area contributed by atoms with Crippen molar-refractivity contribution in [2.24, 2.45) is 0 Å². The van der Waals surface area contributed by atoms with Crippen LogP contribution in [-0.2, 0) is 11.3 Å². The van der Waals surface area contributed by atoms with Crippen LogP contribution in [0.2, 0.25) is 0 Å². The normalized spacial score (nSPS) is 17.6. The number of aryl methyl sites for hydroxylation is 1. The summed E-state index contributed by atoms with van der Waals surface area (Å²) in [5, 5.41) is 6.61. The maximum atomic E-state index is 12.0. The van der Waals surface area contributed by atoms with Crippen molar-refractivity contribution in [2.75, 3.05) is 18.5 Å². The van der Waals surface area contributed by atoms with Gasteiger partial charge in [-0.05, 0) is 44.2 Å². The van der Waals surface area contributed by atoms with Gasteiger partial charge in [-0.15, -0.1) is 0 Å². The Labute approximate surface area is 126 Å². The number of likely N-dealkylation sites (N-methyl/N-ethyl adjacent to an activating group) is 1. The molecule has 2 fully saturated rings. The molecular weight excluding hydrogens is 262 g/mol. The molecule has 0 unspecified atom stereocenters. The van der Waals surface area contributed by atoms with Gasteiger partial charge in [0.1, 0.15) is 0 Å². The number of rotatable bonds is 7. The zero-order valence-electron chi connectivity index (χ0n) is 13.0. The van der Waals surface area contributed by atoms with Crippen LogP contribution in [0.3, 0.4) is 0 Å². The number of nitrogens with one attached hydrogen (secondary N) is 2. The molecule has 0 bridgehead atoms. The smallest absolute Gasteiger partial charge is 0.239 e. The molecule has 1 aromatic carbocycles. The van der Waals surface area contributed by atoms with Gasteiger partial charge in [0, 0.05) is 31.4 Å². The summed E-state index contributed by atoms with van der Waals surface area (Å²) < 4.78 is 0. The maximum Gasteiger partial charge on any atom is 0.239 e. The fraction of sp³-hybridized carbons (Fsp3) is 0.588. The van der Waals surface area contributed by atoms with E-state index in [1.165, 1.54) is 24.0 Å². The Morgan fingerprint density at radius 2 is 1.95 bits per heavy atom. The number of benzene rings is 1. The average Bonchev–Trinajstić information content (AvgIpc) is 3.31. The van der Waals surface area contributed by atoms with Gasteiger partial charge in [-0.1, -0.05) is 17.7 Å². The van der Waals surface area contributed by atoms with Crippen molar-refractivity contribution in [3.63, 3.8) is 0 Å². The van der Waals surface area contributed by atoms with Crippen molar-refractivity contribution in [3.05, 3.63) is 29.3 Å². The molecule has 2 N–H and O–H groups in total. The number of carbonyl (C=O) groups is 1. The van der Waals surface area contributed by atoms with Crippen LogP contribution in [-0.4, -0.2) is 31.6 Å². The van der Waals surface area contributed by atoms with E-state index < -0.39 is 0 Å². The Bertz CT molecular complexity index is 521. The Morgan fingerprint density at radius 3 is 2.62 bits per heavy atom. The van der Waals surface area contributed by atoms with Crippen LogP contribution in [0.15, 0.2) is 18.2 Å². The molecule has 3 rings (SSSR count). The van der Waals surface area contributed by atoms with Gasteiger partial charge in [0.05, 0.1) is 6.54 Å². The van der Waals surface area contributed by atoms with Crippen molar-refractivity contribution in [2.45, 2.75) is 51.2 Å². The van der Waals surface area contributed by atoms with Crippen LogP contribution >= 0.6 is 0 Å². The third kappa shape index (κ3) is 4.21. The highest BCUT2D eigenvalue weighted by atomic mass is 16.2. The van der Waals surface area contributed by atoms with Crippen LogP contribution in [0.1, 0.15) is 36.8 Å². The van der Waals surface area contributed by atoms with E-state index in [0.29, 0.717) is 18.6 Å². The van der Waals surface area contributed by atoms with Gasteiger partial charge in [-0.3, -0.25) is 4.79 Å². The minimum atomic E-state index is 0.127. The number of amides is 1. The van der Waals surface area contributed by atoms with E-state index in [4.69, 9.17) is 0 Å². The molecule has 21 heavy (non-hydrogen) atoms. The number of hydrogen-bond acceptors (Lipinski definition) is 3. The number of nitrogens with zero attached hydrogens (tertiary/aromatic N) is 1. The van der Waals surface area contributed by atoms with Crippen molar-refractivity contribution < 1.29 is 4.79 Å². The quantitative estimate of drug-likeness (QED) is 0.806. The fourth-order valence-corrected chi connectivity index (χ4v) is 2.57. The molecule has 0 atom stereocenters. The zero-order chi connectivity index (χ0) is 14.8. The van der Waals surface area contributed by atoms with E-state index in [-0.39, 0.29) is 5.91 Å². The molecule has 1 aromatic rings. The second-order valence-electron chi connectivity index (χ2n) is 6.49. The minimum Gasteiger partial charge on any atom is -0.365 e. The number of hydrogen-bond donors (Lipinski definition) is 2. The van der Waals surface area contributed by atoms with Crippen LogP contribution in [0.5, 0.6) is 0 Å². The lowest BCUT2D eigenvalue weighted by molar-refractivity contribution is -0.119. The van der Waals surface area contributed by atoms with Crippen molar-refractivity contribution >= 4 is 11.6 Å². The van der Waals surface area contributed by atoms with Crippen molar-refractivity contribution in [1.82, 2.24) is 10.6 Å². The van der Waals surface area contributed by atoms with Crippen molar-refractivity contribution in [1.29, 1.82) is 0 Å². The highest BCUT2D eigenvalue weighted by Crippen LogP contribution is 2.24. The molecular formula is C17H25N3O. The van der Waals surface area contributed by atoms with Crippen LogP contribution in [0.4, 0.5) is 5.69 Å². The van der Waals surface area contributed by atoms with E-state index in [1.54, 1.807) is 0 Å². The molecule has 4 nitrogen and oxygen atoms in total. The molecule has 2 aliphatic rings. The summed E-state index contributed by atoms with van der Waals surface area (Å²) in [6.45, 7) is 3.43. The number of anilines is 1. The average molecular weight is 287 g/mol. The summed E-state index contributed by atoms with van der Waals surface area (Å²) in [7, 11) is 2.00. The van der Waals surface area contributed by atoms with Gasteiger partial charge in [0.2, 0.25) is 5.91 Å². The zero-order valence-corrected chi connectivity index (χ0v) is 13.0. The van der Waals surface area contributed by atoms with Crippen LogP contribution < -0.4 is 15.5 Å². The molecule has 0 aromatic heterocycles. The van der Waals surface area contributed by atoms with E-state index in [1.807, 2.05) is 7.05 Å². The molecule has 0 radical (unpaired) electrons. The first kappa shape index (κ1) is 14.4. The second kappa shape index (κ2) is 6.06. The topological polar surface area (TPSA) is 44.4 Å². The third-order valence-electron chi connectivity index (χ3n) is 4.13. The molecule has 0 aliphatic heterocycles. The molecule has 0 heterocycles. The minimum absolute atomic E-state index is 0.127. The predicted octanol–water partition coefficient (Wildman–Crippen LogP) is 1.96. The largest absolute Gasteiger partial charge is 0.365 e. The van der Waals surface area contributed by atoms with E-state index in [2.05, 4.69) is 40.7 Å². The van der Waals surface area contributed by atoms with Gasteiger partial charge in [-0.25, -0.2) is 0 Å². The highest BCUT2D eigenvalue weighted by Gasteiger charge is 2.24. The monoisotopic (exact) mass is 287 g/mol. The predicted molar refractivity (Wildman–Crippen MR) is 85.5 cm³/mol. The molecule has 114 valence electrons. The lowest BCUT2D eigenvalue weighted by atomic mass is 10.1. The first-order valence-electron chi connectivity index (χ1n) is 7.95. The summed E-state index contributed by atoms with van der Waals surface area (Å²) in [4.78, 5) is 14.0. The van der Waals surface area contributed by atoms with Crippen LogP contribution in [0.25, 0.3) is 0 Å². The maximum absolute atomic E-state index is 12.0.